The van der Waals surface area contributed by atoms with Crippen molar-refractivity contribution in [2.75, 3.05) is 5.73 Å². The highest BCUT2D eigenvalue weighted by atomic mass is 16.5. The third-order valence-corrected chi connectivity index (χ3v) is 2.54. The van der Waals surface area contributed by atoms with Crippen LogP contribution in [-0.2, 0) is 0 Å². The Morgan fingerprint density at radius 2 is 2.00 bits per heavy atom. The number of nitrogens with zero attached hydrogens (tertiary/aromatic N) is 1. The van der Waals surface area contributed by atoms with Crippen LogP contribution in [0.3, 0.4) is 0 Å². The minimum atomic E-state index is 0.452. The van der Waals surface area contributed by atoms with E-state index in [1.54, 1.807) is 18.3 Å². The molecular formula is C14H16N2O. The molecular weight excluding hydrogens is 212 g/mol. The average molecular weight is 228 g/mol. The number of anilines is 1. The van der Waals surface area contributed by atoms with Crippen LogP contribution in [0, 0.1) is 0 Å². The van der Waals surface area contributed by atoms with Crippen molar-refractivity contribution in [3.05, 3.63) is 48.2 Å². The summed E-state index contributed by atoms with van der Waals surface area (Å²) in [6, 6.07) is 11.5. The summed E-state index contributed by atoms with van der Waals surface area (Å²) in [5.41, 5.74) is 7.56. The topological polar surface area (TPSA) is 48.1 Å². The van der Waals surface area contributed by atoms with Gasteiger partial charge in [0.15, 0.2) is 0 Å². The van der Waals surface area contributed by atoms with Crippen molar-refractivity contribution in [2.24, 2.45) is 0 Å². The standard InChI is InChI=1S/C14H16N2O/c1-10(2)11-5-3-6-12(9-11)17-14-13(15)7-4-8-16-14/h3-10H,15H2,1-2H3. The molecule has 3 nitrogen and oxygen atoms in total. The van der Waals surface area contributed by atoms with E-state index in [2.05, 4.69) is 24.9 Å². The SMILES string of the molecule is CC(C)c1cccc(Oc2ncccc2N)c1. The average Bonchev–Trinajstić information content (AvgIpc) is 2.32. The van der Waals surface area contributed by atoms with E-state index >= 15 is 0 Å². The molecule has 2 aromatic rings. The van der Waals surface area contributed by atoms with Crippen LogP contribution in [0.2, 0.25) is 0 Å². The van der Waals surface area contributed by atoms with Crippen molar-refractivity contribution < 1.29 is 4.74 Å². The quantitative estimate of drug-likeness (QED) is 0.873. The second-order valence-electron chi connectivity index (χ2n) is 4.23. The molecule has 0 spiro atoms. The summed E-state index contributed by atoms with van der Waals surface area (Å²) in [5.74, 6) is 1.69. The summed E-state index contributed by atoms with van der Waals surface area (Å²) < 4.78 is 5.66. The molecule has 0 aliphatic heterocycles. The number of rotatable bonds is 3. The van der Waals surface area contributed by atoms with E-state index in [0.29, 0.717) is 17.5 Å². The molecule has 0 aliphatic rings. The van der Waals surface area contributed by atoms with Gasteiger partial charge >= 0.3 is 0 Å². The van der Waals surface area contributed by atoms with Gasteiger partial charge in [-0.1, -0.05) is 26.0 Å². The lowest BCUT2D eigenvalue weighted by Crippen LogP contribution is -1.95. The van der Waals surface area contributed by atoms with Gasteiger partial charge in [0.05, 0.1) is 5.69 Å². The van der Waals surface area contributed by atoms with Gasteiger partial charge in [0.1, 0.15) is 5.75 Å². The molecule has 2 rings (SSSR count). The van der Waals surface area contributed by atoms with E-state index in [0.717, 1.165) is 5.75 Å². The monoisotopic (exact) mass is 228 g/mol. The fourth-order valence-electron chi connectivity index (χ4n) is 1.54. The van der Waals surface area contributed by atoms with Crippen LogP contribution in [0.15, 0.2) is 42.6 Å². The van der Waals surface area contributed by atoms with E-state index in [4.69, 9.17) is 10.5 Å². The minimum Gasteiger partial charge on any atom is -0.437 e. The summed E-state index contributed by atoms with van der Waals surface area (Å²) >= 11 is 0. The first-order valence-electron chi connectivity index (χ1n) is 5.65. The molecule has 2 N–H and O–H groups in total. The van der Waals surface area contributed by atoms with Crippen molar-refractivity contribution in [1.29, 1.82) is 0 Å². The molecule has 0 radical (unpaired) electrons. The minimum absolute atomic E-state index is 0.452. The lowest BCUT2D eigenvalue weighted by Gasteiger charge is -2.10. The highest BCUT2D eigenvalue weighted by Crippen LogP contribution is 2.26. The van der Waals surface area contributed by atoms with E-state index in [-0.39, 0.29) is 0 Å². The number of hydrogen-bond acceptors (Lipinski definition) is 3. The maximum absolute atomic E-state index is 5.78. The summed E-state index contributed by atoms with van der Waals surface area (Å²) in [7, 11) is 0. The Morgan fingerprint density at radius 1 is 1.18 bits per heavy atom. The summed E-state index contributed by atoms with van der Waals surface area (Å²) in [6.45, 7) is 4.29. The number of ether oxygens (including phenoxy) is 1. The summed E-state index contributed by atoms with van der Waals surface area (Å²) in [4.78, 5) is 4.10. The number of hydrogen-bond donors (Lipinski definition) is 1. The molecule has 0 unspecified atom stereocenters. The molecule has 0 saturated carbocycles. The Balaban J connectivity index is 2.25. The van der Waals surface area contributed by atoms with Gasteiger partial charge in [0.25, 0.3) is 0 Å². The molecule has 0 bridgehead atoms. The first kappa shape index (κ1) is 11.5. The fraction of sp³-hybridized carbons (Fsp3) is 0.214. The van der Waals surface area contributed by atoms with Crippen LogP contribution in [0.5, 0.6) is 11.6 Å². The van der Waals surface area contributed by atoms with Crippen molar-refractivity contribution in [3.63, 3.8) is 0 Å². The van der Waals surface area contributed by atoms with Gasteiger partial charge in [0.2, 0.25) is 5.88 Å². The number of nitrogen functional groups attached to an aromatic ring is 1. The second kappa shape index (κ2) is 4.87. The van der Waals surface area contributed by atoms with Crippen LogP contribution < -0.4 is 10.5 Å². The molecule has 0 saturated heterocycles. The molecule has 88 valence electrons. The van der Waals surface area contributed by atoms with Gasteiger partial charge in [-0.25, -0.2) is 4.98 Å². The van der Waals surface area contributed by atoms with Crippen molar-refractivity contribution in [1.82, 2.24) is 4.98 Å². The third-order valence-electron chi connectivity index (χ3n) is 2.54. The van der Waals surface area contributed by atoms with Crippen molar-refractivity contribution in [3.8, 4) is 11.6 Å². The summed E-state index contributed by atoms with van der Waals surface area (Å²) in [5, 5.41) is 0. The Bertz CT molecular complexity index is 509. The first-order valence-corrected chi connectivity index (χ1v) is 5.65. The predicted octanol–water partition coefficient (Wildman–Crippen LogP) is 3.58. The van der Waals surface area contributed by atoms with E-state index in [1.165, 1.54) is 5.56 Å². The zero-order chi connectivity index (χ0) is 12.3. The van der Waals surface area contributed by atoms with Crippen LogP contribution >= 0.6 is 0 Å². The third kappa shape index (κ3) is 2.75. The Morgan fingerprint density at radius 3 is 2.71 bits per heavy atom. The first-order chi connectivity index (χ1) is 8.16. The Labute approximate surface area is 101 Å². The van der Waals surface area contributed by atoms with E-state index < -0.39 is 0 Å². The van der Waals surface area contributed by atoms with E-state index in [9.17, 15) is 0 Å². The smallest absolute Gasteiger partial charge is 0.242 e. The predicted molar refractivity (Wildman–Crippen MR) is 69.3 cm³/mol. The number of pyridine rings is 1. The zero-order valence-corrected chi connectivity index (χ0v) is 10.1. The molecule has 17 heavy (non-hydrogen) atoms. The maximum Gasteiger partial charge on any atom is 0.242 e. The van der Waals surface area contributed by atoms with Crippen molar-refractivity contribution in [2.45, 2.75) is 19.8 Å². The molecule has 0 aliphatic carbocycles. The van der Waals surface area contributed by atoms with Gasteiger partial charge in [-0.2, -0.15) is 0 Å². The normalized spacial score (nSPS) is 10.5. The molecule has 0 fully saturated rings. The summed E-state index contributed by atoms with van der Waals surface area (Å²) in [6.07, 6.45) is 1.66. The van der Waals surface area contributed by atoms with Gasteiger partial charge < -0.3 is 10.5 Å². The van der Waals surface area contributed by atoms with Crippen LogP contribution in [0.4, 0.5) is 5.69 Å². The molecule has 1 aromatic heterocycles. The largest absolute Gasteiger partial charge is 0.437 e. The molecule has 0 atom stereocenters. The number of aromatic nitrogens is 1. The van der Waals surface area contributed by atoms with Gasteiger partial charge in [0, 0.05) is 6.20 Å². The molecule has 1 aromatic carbocycles. The highest BCUT2D eigenvalue weighted by Gasteiger charge is 2.04. The van der Waals surface area contributed by atoms with Crippen molar-refractivity contribution >= 4 is 5.69 Å². The van der Waals surface area contributed by atoms with E-state index in [1.807, 2.05) is 18.2 Å². The fourth-order valence-corrected chi connectivity index (χ4v) is 1.54. The van der Waals surface area contributed by atoms with Crippen LogP contribution in [0.25, 0.3) is 0 Å². The van der Waals surface area contributed by atoms with Gasteiger partial charge in [-0.15, -0.1) is 0 Å². The lowest BCUT2D eigenvalue weighted by molar-refractivity contribution is 0.464. The Kier molecular flexibility index (Phi) is 3.28. The zero-order valence-electron chi connectivity index (χ0n) is 10.1. The molecule has 1 heterocycles. The van der Waals surface area contributed by atoms with Gasteiger partial charge in [-0.05, 0) is 35.7 Å². The highest BCUT2D eigenvalue weighted by molar-refractivity contribution is 5.49. The molecule has 3 heteroatoms. The van der Waals surface area contributed by atoms with Crippen LogP contribution in [-0.4, -0.2) is 4.98 Å². The number of benzene rings is 1. The van der Waals surface area contributed by atoms with Gasteiger partial charge in [-0.3, -0.25) is 0 Å². The second-order valence-corrected chi connectivity index (χ2v) is 4.23. The lowest BCUT2D eigenvalue weighted by atomic mass is 10.0. The Hall–Kier alpha value is -2.03. The van der Waals surface area contributed by atoms with Crippen LogP contribution in [0.1, 0.15) is 25.3 Å². The molecule has 0 amide bonds. The number of nitrogens with two attached hydrogens (primary N) is 1. The maximum atomic E-state index is 5.78.